The molecule has 6 N–H and O–H groups in total. The minimum absolute atomic E-state index is 0.206. The second-order valence-electron chi connectivity index (χ2n) is 18.3. The molecule has 0 spiro atoms. The van der Waals surface area contributed by atoms with E-state index in [1.54, 1.807) is 6.08 Å². The van der Waals surface area contributed by atoms with E-state index in [0.717, 1.165) is 103 Å². The van der Waals surface area contributed by atoms with Crippen molar-refractivity contribution in [2.75, 3.05) is 13.2 Å². The number of ether oxygens (including phenoxy) is 2. The third-order valence-electron chi connectivity index (χ3n) is 12.1. The number of hydrogen-bond acceptors (Lipinski definition) is 8. The summed E-state index contributed by atoms with van der Waals surface area (Å²) < 4.78 is 11.2. The maximum absolute atomic E-state index is 13.0. The van der Waals surface area contributed by atoms with E-state index >= 15 is 0 Å². The standard InChI is InChI=1S/C59H99NO8/c1-3-5-7-9-11-13-15-17-19-21-22-23-24-25-26-27-28-29-30-31-32-33-35-37-39-41-43-45-47-49-55(63)60-52(51-67-59-58(66)57(65)56(64)54(50-61)68-59)53(62)48-46-44-42-40-38-36-34-20-18-16-14-12-10-8-6-4-2/h5,7,11,13,17,19,22-23,25-26,28-29,31-32,35,37,46,48,52-54,56-59,61-62,64-66H,3-4,6,8-10,12,14-16,18,20-21,24,27,30,33-34,36,38-45,47,49-51H2,1-2H3,(H,60,63)/b7-5-,13-11-,19-17-,23-22-,26-25-,29-28-,32-31-,37-35-,48-46+. The highest BCUT2D eigenvalue weighted by molar-refractivity contribution is 5.76. The zero-order chi connectivity index (χ0) is 49.4. The quantitative estimate of drug-likeness (QED) is 0.0261. The van der Waals surface area contributed by atoms with Gasteiger partial charge in [-0.05, 0) is 83.5 Å². The van der Waals surface area contributed by atoms with Crippen LogP contribution in [-0.4, -0.2) is 87.5 Å². The topological polar surface area (TPSA) is 149 Å². The molecule has 1 fully saturated rings. The lowest BCUT2D eigenvalue weighted by Gasteiger charge is -2.40. The van der Waals surface area contributed by atoms with Gasteiger partial charge in [-0.25, -0.2) is 0 Å². The molecule has 1 rings (SSSR count). The van der Waals surface area contributed by atoms with Crippen LogP contribution in [0, 0.1) is 0 Å². The van der Waals surface area contributed by atoms with Crippen LogP contribution in [0.2, 0.25) is 0 Å². The molecule has 1 saturated heterocycles. The monoisotopic (exact) mass is 950 g/mol. The van der Waals surface area contributed by atoms with E-state index in [9.17, 15) is 30.3 Å². The van der Waals surface area contributed by atoms with E-state index < -0.39 is 49.5 Å². The predicted octanol–water partition coefficient (Wildman–Crippen LogP) is 13.0. The fraction of sp³-hybridized carbons (Fsp3) is 0.678. The van der Waals surface area contributed by atoms with Crippen molar-refractivity contribution in [2.24, 2.45) is 0 Å². The second kappa shape index (κ2) is 47.5. The first-order chi connectivity index (χ1) is 33.3. The highest BCUT2D eigenvalue weighted by atomic mass is 16.7. The average molecular weight is 950 g/mol. The van der Waals surface area contributed by atoms with Gasteiger partial charge in [-0.15, -0.1) is 0 Å². The normalized spacial score (nSPS) is 20.5. The van der Waals surface area contributed by atoms with Crippen molar-refractivity contribution in [1.29, 1.82) is 0 Å². The Morgan fingerprint density at radius 2 is 0.912 bits per heavy atom. The number of nitrogens with one attached hydrogen (secondary N) is 1. The molecule has 0 radical (unpaired) electrons. The number of allylic oxidation sites excluding steroid dienone is 17. The predicted molar refractivity (Wildman–Crippen MR) is 285 cm³/mol. The Labute approximate surface area is 415 Å². The SMILES string of the molecule is CC/C=C\C/C=C\C/C=C\C/C=C\C/C=C\C/C=C\C/C=C\C/C=C\CCCCCCC(=O)NC(COC1OC(CO)C(O)C(O)C1O)C(O)/C=C/CCCCCCCCCCCCCCCC. The Morgan fingerprint density at radius 3 is 1.35 bits per heavy atom. The fourth-order valence-corrected chi connectivity index (χ4v) is 7.82. The van der Waals surface area contributed by atoms with Gasteiger partial charge < -0.3 is 40.3 Å². The average Bonchev–Trinajstić information content (AvgIpc) is 3.34. The molecule has 0 bridgehead atoms. The zero-order valence-electron chi connectivity index (χ0n) is 42.8. The minimum atomic E-state index is -1.58. The van der Waals surface area contributed by atoms with Gasteiger partial charge in [-0.3, -0.25) is 4.79 Å². The molecule has 0 saturated carbocycles. The summed E-state index contributed by atoms with van der Waals surface area (Å²) in [5, 5.41) is 54.4. The van der Waals surface area contributed by atoms with Gasteiger partial charge in [-0.1, -0.05) is 220 Å². The van der Waals surface area contributed by atoms with Crippen molar-refractivity contribution in [2.45, 2.75) is 243 Å². The molecule has 1 amide bonds. The minimum Gasteiger partial charge on any atom is -0.394 e. The molecule has 0 aromatic rings. The van der Waals surface area contributed by atoms with Crippen LogP contribution in [-0.2, 0) is 14.3 Å². The van der Waals surface area contributed by atoms with Gasteiger partial charge >= 0.3 is 0 Å². The molecule has 388 valence electrons. The largest absolute Gasteiger partial charge is 0.394 e. The number of aliphatic hydroxyl groups is 5. The van der Waals surface area contributed by atoms with E-state index in [2.05, 4.69) is 116 Å². The van der Waals surface area contributed by atoms with E-state index in [0.29, 0.717) is 6.42 Å². The molecular weight excluding hydrogens is 851 g/mol. The summed E-state index contributed by atoms with van der Waals surface area (Å²) in [6, 6.07) is -0.827. The molecule has 0 aromatic heterocycles. The molecular formula is C59H99NO8. The molecule has 1 aliphatic rings. The molecule has 0 aromatic carbocycles. The summed E-state index contributed by atoms with van der Waals surface area (Å²) in [6.07, 6.45) is 62.8. The van der Waals surface area contributed by atoms with E-state index in [-0.39, 0.29) is 12.5 Å². The molecule has 7 atom stereocenters. The van der Waals surface area contributed by atoms with Crippen molar-refractivity contribution in [3.63, 3.8) is 0 Å². The lowest BCUT2D eigenvalue weighted by Crippen LogP contribution is -2.60. The summed E-state index contributed by atoms with van der Waals surface area (Å²) in [4.78, 5) is 13.0. The maximum Gasteiger partial charge on any atom is 0.220 e. The van der Waals surface area contributed by atoms with Gasteiger partial charge in [-0.2, -0.15) is 0 Å². The lowest BCUT2D eigenvalue weighted by molar-refractivity contribution is -0.302. The third-order valence-corrected chi connectivity index (χ3v) is 12.1. The van der Waals surface area contributed by atoms with Gasteiger partial charge in [0.05, 0.1) is 25.4 Å². The first-order valence-electron chi connectivity index (χ1n) is 27.1. The summed E-state index contributed by atoms with van der Waals surface area (Å²) in [5.74, 6) is -0.206. The van der Waals surface area contributed by atoms with Gasteiger partial charge in [0.25, 0.3) is 0 Å². The summed E-state index contributed by atoms with van der Waals surface area (Å²) in [6.45, 7) is 3.64. The van der Waals surface area contributed by atoms with Crippen molar-refractivity contribution in [3.05, 3.63) is 109 Å². The number of aliphatic hydroxyl groups excluding tert-OH is 5. The molecule has 9 nitrogen and oxygen atoms in total. The molecule has 1 aliphatic heterocycles. The van der Waals surface area contributed by atoms with Crippen LogP contribution in [0.4, 0.5) is 0 Å². The Morgan fingerprint density at radius 1 is 0.515 bits per heavy atom. The summed E-state index contributed by atoms with van der Waals surface area (Å²) in [5.41, 5.74) is 0. The maximum atomic E-state index is 13.0. The number of amides is 1. The van der Waals surface area contributed by atoms with Crippen molar-refractivity contribution >= 4 is 5.91 Å². The van der Waals surface area contributed by atoms with Crippen LogP contribution >= 0.6 is 0 Å². The highest BCUT2D eigenvalue weighted by Crippen LogP contribution is 2.22. The van der Waals surface area contributed by atoms with Gasteiger partial charge in [0.2, 0.25) is 5.91 Å². The van der Waals surface area contributed by atoms with Crippen LogP contribution in [0.1, 0.15) is 200 Å². The molecule has 68 heavy (non-hydrogen) atoms. The van der Waals surface area contributed by atoms with Crippen molar-refractivity contribution < 1.29 is 39.8 Å². The lowest BCUT2D eigenvalue weighted by atomic mass is 9.99. The van der Waals surface area contributed by atoms with Crippen LogP contribution < -0.4 is 5.32 Å². The third kappa shape index (κ3) is 36.8. The highest BCUT2D eigenvalue weighted by Gasteiger charge is 2.44. The van der Waals surface area contributed by atoms with Crippen LogP contribution in [0.25, 0.3) is 0 Å². The van der Waals surface area contributed by atoms with Crippen LogP contribution in [0.3, 0.4) is 0 Å². The van der Waals surface area contributed by atoms with Crippen LogP contribution in [0.5, 0.6) is 0 Å². The van der Waals surface area contributed by atoms with Gasteiger partial charge in [0.1, 0.15) is 24.4 Å². The van der Waals surface area contributed by atoms with E-state index in [1.165, 1.54) is 77.0 Å². The summed E-state index contributed by atoms with van der Waals surface area (Å²) >= 11 is 0. The van der Waals surface area contributed by atoms with Crippen molar-refractivity contribution in [1.82, 2.24) is 5.32 Å². The molecule has 1 heterocycles. The van der Waals surface area contributed by atoms with E-state index in [4.69, 9.17) is 9.47 Å². The smallest absolute Gasteiger partial charge is 0.220 e. The number of carbonyl (C=O) groups is 1. The Kier molecular flexibility index (Phi) is 43.9. The van der Waals surface area contributed by atoms with Crippen molar-refractivity contribution in [3.8, 4) is 0 Å². The number of rotatable bonds is 44. The number of hydrogen-bond donors (Lipinski definition) is 6. The molecule has 7 unspecified atom stereocenters. The fourth-order valence-electron chi connectivity index (χ4n) is 7.82. The Hall–Kier alpha value is -3.15. The number of carbonyl (C=O) groups excluding carboxylic acids is 1. The molecule has 9 heteroatoms. The first-order valence-corrected chi connectivity index (χ1v) is 27.1. The molecule has 0 aliphatic carbocycles. The van der Waals surface area contributed by atoms with Crippen LogP contribution in [0.15, 0.2) is 109 Å². The van der Waals surface area contributed by atoms with Gasteiger partial charge in [0.15, 0.2) is 6.29 Å². The Balaban J connectivity index is 2.30. The van der Waals surface area contributed by atoms with E-state index in [1.807, 2.05) is 6.08 Å². The first kappa shape index (κ1) is 62.9. The summed E-state index contributed by atoms with van der Waals surface area (Å²) in [7, 11) is 0. The second-order valence-corrected chi connectivity index (χ2v) is 18.3. The number of unbranched alkanes of at least 4 members (excludes halogenated alkanes) is 18. The Bertz CT molecular complexity index is 1430. The van der Waals surface area contributed by atoms with Gasteiger partial charge in [0, 0.05) is 6.42 Å². The zero-order valence-corrected chi connectivity index (χ0v) is 42.8.